The molecule has 0 bridgehead atoms. The minimum atomic E-state index is -0.115. The topological polar surface area (TPSA) is 78.7 Å². The van der Waals surface area contributed by atoms with Crippen molar-refractivity contribution in [2.24, 2.45) is 0 Å². The van der Waals surface area contributed by atoms with Gasteiger partial charge in [0.15, 0.2) is 5.65 Å². The van der Waals surface area contributed by atoms with Crippen LogP contribution in [0, 0.1) is 6.92 Å². The first-order valence-electron chi connectivity index (χ1n) is 8.64. The average Bonchev–Trinajstić information content (AvgIpc) is 3.23. The molecule has 4 aromatic rings. The summed E-state index contributed by atoms with van der Waals surface area (Å²) >= 11 is 0. The van der Waals surface area contributed by atoms with Crippen LogP contribution in [0.2, 0.25) is 0 Å². The number of nitrogens with zero attached hydrogens (tertiary/aromatic N) is 5. The van der Waals surface area contributed by atoms with Gasteiger partial charge in [0.2, 0.25) is 0 Å². The molecule has 0 N–H and O–H groups in total. The molecule has 0 aliphatic heterocycles. The van der Waals surface area contributed by atoms with E-state index in [4.69, 9.17) is 4.52 Å². The quantitative estimate of drug-likeness (QED) is 0.567. The van der Waals surface area contributed by atoms with E-state index in [0.29, 0.717) is 23.5 Å². The molecule has 0 unspecified atom stereocenters. The molecule has 26 heavy (non-hydrogen) atoms. The molecular formula is C19H17N5O2. The molecule has 0 radical (unpaired) electrons. The van der Waals surface area contributed by atoms with Crippen LogP contribution in [0.15, 0.2) is 52.3 Å². The molecule has 1 aliphatic carbocycles. The van der Waals surface area contributed by atoms with Gasteiger partial charge < -0.3 is 4.52 Å². The second-order valence-electron chi connectivity index (χ2n) is 6.80. The molecule has 0 saturated heterocycles. The normalized spacial score (nSPS) is 14.2. The van der Waals surface area contributed by atoms with E-state index in [-0.39, 0.29) is 5.56 Å². The van der Waals surface area contributed by atoms with Crippen molar-refractivity contribution >= 4 is 11.0 Å². The monoisotopic (exact) mass is 347 g/mol. The number of aryl methyl sites for hydroxylation is 1. The molecular weight excluding hydrogens is 330 g/mol. The molecule has 130 valence electrons. The molecule has 3 heterocycles. The van der Waals surface area contributed by atoms with E-state index in [1.54, 1.807) is 28.0 Å². The lowest BCUT2D eigenvalue weighted by Gasteiger charge is -2.06. The Morgan fingerprint density at radius 3 is 2.77 bits per heavy atom. The maximum atomic E-state index is 12.9. The highest BCUT2D eigenvalue weighted by Gasteiger charge is 2.30. The van der Waals surface area contributed by atoms with E-state index in [2.05, 4.69) is 15.2 Å². The van der Waals surface area contributed by atoms with Gasteiger partial charge in [-0.1, -0.05) is 22.9 Å². The molecule has 0 atom stereocenters. The molecule has 1 fully saturated rings. The summed E-state index contributed by atoms with van der Waals surface area (Å²) < 4.78 is 8.63. The SMILES string of the molecule is Cc1ccc(-n2ncc3c(=O)n(Cc4cnoc4C4CC4)cnc32)cc1. The van der Waals surface area contributed by atoms with E-state index >= 15 is 0 Å². The average molecular weight is 347 g/mol. The van der Waals surface area contributed by atoms with E-state index in [0.717, 1.165) is 29.9 Å². The number of aromatic nitrogens is 5. The summed E-state index contributed by atoms with van der Waals surface area (Å²) in [6, 6.07) is 7.95. The van der Waals surface area contributed by atoms with Gasteiger partial charge in [0.25, 0.3) is 5.56 Å². The smallest absolute Gasteiger partial charge is 0.264 e. The number of hydrogen-bond donors (Lipinski definition) is 0. The van der Waals surface area contributed by atoms with Gasteiger partial charge >= 0.3 is 0 Å². The van der Waals surface area contributed by atoms with Gasteiger partial charge in [0.1, 0.15) is 17.5 Å². The molecule has 1 saturated carbocycles. The van der Waals surface area contributed by atoms with Crippen molar-refractivity contribution in [1.29, 1.82) is 0 Å². The predicted molar refractivity (Wildman–Crippen MR) is 95.4 cm³/mol. The fourth-order valence-electron chi connectivity index (χ4n) is 3.19. The van der Waals surface area contributed by atoms with Crippen LogP contribution in [0.4, 0.5) is 0 Å². The maximum absolute atomic E-state index is 12.9. The van der Waals surface area contributed by atoms with E-state index in [1.165, 1.54) is 5.56 Å². The lowest BCUT2D eigenvalue weighted by atomic mass is 10.2. The van der Waals surface area contributed by atoms with Crippen molar-refractivity contribution in [3.05, 3.63) is 70.2 Å². The zero-order chi connectivity index (χ0) is 17.7. The van der Waals surface area contributed by atoms with Crippen molar-refractivity contribution < 1.29 is 4.52 Å². The minimum absolute atomic E-state index is 0.115. The van der Waals surface area contributed by atoms with Gasteiger partial charge in [-0.2, -0.15) is 5.10 Å². The second kappa shape index (κ2) is 5.66. The lowest BCUT2D eigenvalue weighted by molar-refractivity contribution is 0.382. The molecule has 1 aromatic carbocycles. The van der Waals surface area contributed by atoms with Crippen molar-refractivity contribution in [3.8, 4) is 5.69 Å². The van der Waals surface area contributed by atoms with Crippen LogP contribution in [0.25, 0.3) is 16.7 Å². The standard InChI is InChI=1S/C19H17N5O2/c1-12-2-6-15(7-3-12)24-18-16(9-21-24)19(25)23(11-20-18)10-14-8-22-26-17(14)13-4-5-13/h2-3,6-9,11,13H,4-5,10H2,1H3. The summed E-state index contributed by atoms with van der Waals surface area (Å²) in [6.45, 7) is 2.44. The lowest BCUT2D eigenvalue weighted by Crippen LogP contribution is -2.21. The van der Waals surface area contributed by atoms with Crippen LogP contribution in [-0.4, -0.2) is 24.5 Å². The van der Waals surface area contributed by atoms with E-state index < -0.39 is 0 Å². The molecule has 0 spiro atoms. The van der Waals surface area contributed by atoms with Gasteiger partial charge in [0.05, 0.1) is 24.6 Å². The summed E-state index contributed by atoms with van der Waals surface area (Å²) in [6.07, 6.45) is 7.09. The third-order valence-electron chi connectivity index (χ3n) is 4.80. The van der Waals surface area contributed by atoms with Gasteiger partial charge in [-0.3, -0.25) is 9.36 Å². The first-order chi connectivity index (χ1) is 12.7. The van der Waals surface area contributed by atoms with Crippen molar-refractivity contribution in [2.45, 2.75) is 32.2 Å². The van der Waals surface area contributed by atoms with Crippen molar-refractivity contribution in [1.82, 2.24) is 24.5 Å². The van der Waals surface area contributed by atoms with Gasteiger partial charge in [-0.25, -0.2) is 9.67 Å². The molecule has 5 rings (SSSR count). The number of fused-ring (bicyclic) bond motifs is 1. The van der Waals surface area contributed by atoms with E-state index in [1.807, 2.05) is 31.2 Å². The van der Waals surface area contributed by atoms with Crippen LogP contribution in [-0.2, 0) is 6.54 Å². The molecule has 1 aliphatic rings. The van der Waals surface area contributed by atoms with Gasteiger partial charge in [0, 0.05) is 11.5 Å². The Bertz CT molecular complexity index is 1150. The number of hydrogen-bond acceptors (Lipinski definition) is 5. The highest BCUT2D eigenvalue weighted by Crippen LogP contribution is 2.41. The van der Waals surface area contributed by atoms with Gasteiger partial charge in [-0.05, 0) is 31.9 Å². The maximum Gasteiger partial charge on any atom is 0.264 e. The minimum Gasteiger partial charge on any atom is -0.361 e. The molecule has 7 heteroatoms. The fraction of sp³-hybridized carbons (Fsp3) is 0.263. The third kappa shape index (κ3) is 2.44. The van der Waals surface area contributed by atoms with Crippen LogP contribution in [0.5, 0.6) is 0 Å². The highest BCUT2D eigenvalue weighted by molar-refractivity contribution is 5.74. The third-order valence-corrected chi connectivity index (χ3v) is 4.80. The van der Waals surface area contributed by atoms with Crippen LogP contribution in [0.3, 0.4) is 0 Å². The fourth-order valence-corrected chi connectivity index (χ4v) is 3.19. The van der Waals surface area contributed by atoms with Gasteiger partial charge in [-0.15, -0.1) is 0 Å². The Hall–Kier alpha value is -3.22. The number of benzene rings is 1. The first kappa shape index (κ1) is 15.1. The second-order valence-corrected chi connectivity index (χ2v) is 6.80. The molecule has 0 amide bonds. The molecule has 3 aromatic heterocycles. The highest BCUT2D eigenvalue weighted by atomic mass is 16.5. The van der Waals surface area contributed by atoms with Crippen molar-refractivity contribution in [2.75, 3.05) is 0 Å². The summed E-state index contributed by atoms with van der Waals surface area (Å²) in [7, 11) is 0. The van der Waals surface area contributed by atoms with Crippen LogP contribution < -0.4 is 5.56 Å². The first-order valence-corrected chi connectivity index (χ1v) is 8.64. The summed E-state index contributed by atoms with van der Waals surface area (Å²) in [5.74, 6) is 1.34. The Labute approximate surface area is 148 Å². The zero-order valence-electron chi connectivity index (χ0n) is 14.3. The zero-order valence-corrected chi connectivity index (χ0v) is 14.3. The Morgan fingerprint density at radius 2 is 2.00 bits per heavy atom. The number of rotatable bonds is 4. The van der Waals surface area contributed by atoms with Crippen molar-refractivity contribution in [3.63, 3.8) is 0 Å². The largest absolute Gasteiger partial charge is 0.361 e. The Balaban J connectivity index is 1.55. The molecule has 7 nitrogen and oxygen atoms in total. The Kier molecular flexibility index (Phi) is 3.28. The van der Waals surface area contributed by atoms with Crippen LogP contribution >= 0.6 is 0 Å². The predicted octanol–water partition coefficient (Wildman–Crippen LogP) is 2.80. The van der Waals surface area contributed by atoms with Crippen LogP contribution in [0.1, 0.15) is 35.6 Å². The summed E-state index contributed by atoms with van der Waals surface area (Å²) in [5.41, 5.74) is 3.44. The summed E-state index contributed by atoms with van der Waals surface area (Å²) in [5, 5.41) is 8.75. The van der Waals surface area contributed by atoms with E-state index in [9.17, 15) is 4.79 Å². The Morgan fingerprint density at radius 1 is 1.19 bits per heavy atom. The summed E-state index contributed by atoms with van der Waals surface area (Å²) in [4.78, 5) is 17.4.